The second-order valence-electron chi connectivity index (χ2n) is 5.78. The summed E-state index contributed by atoms with van der Waals surface area (Å²) in [5, 5.41) is 3.73. The van der Waals surface area contributed by atoms with Crippen LogP contribution in [-0.2, 0) is 0 Å². The molecule has 0 spiro atoms. The van der Waals surface area contributed by atoms with Gasteiger partial charge in [0.15, 0.2) is 0 Å². The van der Waals surface area contributed by atoms with Crippen LogP contribution in [0, 0.1) is 0 Å². The fraction of sp³-hybridized carbons (Fsp3) is 1.00. The standard InChI is InChI=1S/C17H38N2/c1-7-12-14-19(15(6)9-3)17(10-4)16(13-8-2)18-11-5/h15-18H,7-14H2,1-6H3. The second kappa shape index (κ2) is 11.7. The van der Waals surface area contributed by atoms with Crippen molar-refractivity contribution in [2.24, 2.45) is 0 Å². The Balaban J connectivity index is 4.84. The lowest BCUT2D eigenvalue weighted by atomic mass is 9.96. The molecule has 0 heterocycles. The highest BCUT2D eigenvalue weighted by atomic mass is 15.2. The molecular weight excluding hydrogens is 232 g/mol. The number of rotatable bonds is 12. The van der Waals surface area contributed by atoms with Crippen molar-refractivity contribution in [1.82, 2.24) is 10.2 Å². The first-order valence-corrected chi connectivity index (χ1v) is 8.65. The SMILES string of the molecule is CCCCN(C(C)CC)C(CC)C(CCC)NCC. The van der Waals surface area contributed by atoms with Gasteiger partial charge in [0.2, 0.25) is 0 Å². The second-order valence-corrected chi connectivity index (χ2v) is 5.78. The molecule has 0 aromatic rings. The number of nitrogens with zero attached hydrogens (tertiary/aromatic N) is 1. The first-order valence-electron chi connectivity index (χ1n) is 8.65. The third-order valence-electron chi connectivity index (χ3n) is 4.30. The van der Waals surface area contributed by atoms with Crippen LogP contribution in [0.5, 0.6) is 0 Å². The van der Waals surface area contributed by atoms with E-state index in [0.717, 1.165) is 6.54 Å². The van der Waals surface area contributed by atoms with Gasteiger partial charge in [-0.15, -0.1) is 0 Å². The summed E-state index contributed by atoms with van der Waals surface area (Å²) in [4.78, 5) is 2.77. The van der Waals surface area contributed by atoms with Crippen molar-refractivity contribution in [1.29, 1.82) is 0 Å². The van der Waals surface area contributed by atoms with Crippen LogP contribution < -0.4 is 5.32 Å². The molecule has 116 valence electrons. The molecule has 0 aromatic carbocycles. The summed E-state index contributed by atoms with van der Waals surface area (Å²) < 4.78 is 0. The number of likely N-dealkylation sites (N-methyl/N-ethyl adjacent to an activating group) is 1. The van der Waals surface area contributed by atoms with Crippen molar-refractivity contribution >= 4 is 0 Å². The summed E-state index contributed by atoms with van der Waals surface area (Å²) in [5.41, 5.74) is 0. The van der Waals surface area contributed by atoms with Crippen LogP contribution in [-0.4, -0.2) is 36.1 Å². The summed E-state index contributed by atoms with van der Waals surface area (Å²) in [6, 6.07) is 2.06. The monoisotopic (exact) mass is 270 g/mol. The highest BCUT2D eigenvalue weighted by molar-refractivity contribution is 4.85. The molecule has 0 aliphatic rings. The van der Waals surface area contributed by atoms with E-state index in [9.17, 15) is 0 Å². The molecule has 0 fully saturated rings. The van der Waals surface area contributed by atoms with Crippen molar-refractivity contribution in [3.8, 4) is 0 Å². The van der Waals surface area contributed by atoms with Crippen LogP contribution in [0.1, 0.15) is 80.1 Å². The Morgan fingerprint density at radius 1 is 0.947 bits per heavy atom. The minimum Gasteiger partial charge on any atom is -0.313 e. The van der Waals surface area contributed by atoms with Crippen LogP contribution in [0.25, 0.3) is 0 Å². The van der Waals surface area contributed by atoms with Gasteiger partial charge >= 0.3 is 0 Å². The Kier molecular flexibility index (Phi) is 11.7. The minimum absolute atomic E-state index is 0.658. The van der Waals surface area contributed by atoms with E-state index >= 15 is 0 Å². The predicted molar refractivity (Wildman–Crippen MR) is 87.8 cm³/mol. The molecule has 0 bridgehead atoms. The summed E-state index contributed by atoms with van der Waals surface area (Å²) in [7, 11) is 0. The Hall–Kier alpha value is -0.0800. The molecule has 0 rings (SSSR count). The lowest BCUT2D eigenvalue weighted by Gasteiger charge is -2.40. The van der Waals surface area contributed by atoms with E-state index in [2.05, 4.69) is 51.8 Å². The maximum atomic E-state index is 3.73. The molecule has 1 N–H and O–H groups in total. The van der Waals surface area contributed by atoms with E-state index in [1.807, 2.05) is 0 Å². The highest BCUT2D eigenvalue weighted by Gasteiger charge is 2.27. The van der Waals surface area contributed by atoms with Crippen LogP contribution in [0.15, 0.2) is 0 Å². The van der Waals surface area contributed by atoms with Crippen molar-refractivity contribution in [2.75, 3.05) is 13.1 Å². The van der Waals surface area contributed by atoms with Crippen molar-refractivity contribution in [3.05, 3.63) is 0 Å². The van der Waals surface area contributed by atoms with Crippen molar-refractivity contribution < 1.29 is 0 Å². The predicted octanol–water partition coefficient (Wildman–Crippen LogP) is 4.44. The van der Waals surface area contributed by atoms with E-state index < -0.39 is 0 Å². The van der Waals surface area contributed by atoms with Crippen LogP contribution in [0.2, 0.25) is 0 Å². The third-order valence-corrected chi connectivity index (χ3v) is 4.30. The quantitative estimate of drug-likeness (QED) is 0.564. The number of nitrogens with one attached hydrogen (secondary N) is 1. The first-order chi connectivity index (χ1) is 9.15. The largest absolute Gasteiger partial charge is 0.313 e. The molecule has 0 saturated carbocycles. The zero-order chi connectivity index (χ0) is 14.7. The number of hydrogen-bond donors (Lipinski definition) is 1. The minimum atomic E-state index is 0.658. The van der Waals surface area contributed by atoms with E-state index in [1.165, 1.54) is 45.1 Å². The van der Waals surface area contributed by atoms with E-state index in [4.69, 9.17) is 0 Å². The fourth-order valence-electron chi connectivity index (χ4n) is 3.04. The lowest BCUT2D eigenvalue weighted by Crippen LogP contribution is -2.53. The summed E-state index contributed by atoms with van der Waals surface area (Å²) >= 11 is 0. The fourth-order valence-corrected chi connectivity index (χ4v) is 3.04. The van der Waals surface area contributed by atoms with Gasteiger partial charge in [0.25, 0.3) is 0 Å². The van der Waals surface area contributed by atoms with Crippen LogP contribution in [0.3, 0.4) is 0 Å². The maximum absolute atomic E-state index is 3.73. The molecule has 0 saturated heterocycles. The average molecular weight is 271 g/mol. The molecule has 0 aliphatic carbocycles. The van der Waals surface area contributed by atoms with Crippen molar-refractivity contribution in [2.45, 2.75) is 98.2 Å². The van der Waals surface area contributed by atoms with Gasteiger partial charge < -0.3 is 5.32 Å². The maximum Gasteiger partial charge on any atom is 0.0249 e. The molecule has 2 heteroatoms. The van der Waals surface area contributed by atoms with Gasteiger partial charge in [0, 0.05) is 18.1 Å². The zero-order valence-corrected chi connectivity index (χ0v) is 14.3. The number of unbranched alkanes of at least 4 members (excludes halogenated alkanes) is 1. The molecule has 3 atom stereocenters. The normalized spacial score (nSPS) is 16.6. The highest BCUT2D eigenvalue weighted by Crippen LogP contribution is 2.19. The Bertz CT molecular complexity index is 188. The van der Waals surface area contributed by atoms with Gasteiger partial charge in [0.05, 0.1) is 0 Å². The molecule has 0 aromatic heterocycles. The van der Waals surface area contributed by atoms with E-state index in [1.54, 1.807) is 0 Å². The summed E-state index contributed by atoms with van der Waals surface area (Å²) in [6.45, 7) is 16.2. The number of hydrogen-bond acceptors (Lipinski definition) is 2. The average Bonchev–Trinajstić information content (AvgIpc) is 2.42. The van der Waals surface area contributed by atoms with Gasteiger partial charge in [-0.05, 0) is 45.7 Å². The zero-order valence-electron chi connectivity index (χ0n) is 14.3. The Morgan fingerprint density at radius 3 is 2.05 bits per heavy atom. The van der Waals surface area contributed by atoms with Crippen LogP contribution in [0.4, 0.5) is 0 Å². The van der Waals surface area contributed by atoms with Gasteiger partial charge in [-0.3, -0.25) is 4.90 Å². The third kappa shape index (κ3) is 6.76. The molecular formula is C17H38N2. The molecule has 2 nitrogen and oxygen atoms in total. The first kappa shape index (κ1) is 18.9. The lowest BCUT2D eigenvalue weighted by molar-refractivity contribution is 0.101. The van der Waals surface area contributed by atoms with Gasteiger partial charge in [-0.1, -0.05) is 47.5 Å². The molecule has 0 amide bonds. The van der Waals surface area contributed by atoms with Crippen molar-refractivity contribution in [3.63, 3.8) is 0 Å². The molecule has 0 radical (unpaired) electrons. The molecule has 3 unspecified atom stereocenters. The summed E-state index contributed by atoms with van der Waals surface area (Å²) in [5.74, 6) is 0. The summed E-state index contributed by atoms with van der Waals surface area (Å²) in [6.07, 6.45) is 7.70. The van der Waals surface area contributed by atoms with Gasteiger partial charge in [0.1, 0.15) is 0 Å². The topological polar surface area (TPSA) is 15.3 Å². The Morgan fingerprint density at radius 2 is 1.63 bits per heavy atom. The van der Waals surface area contributed by atoms with E-state index in [0.29, 0.717) is 18.1 Å². The van der Waals surface area contributed by atoms with Gasteiger partial charge in [-0.25, -0.2) is 0 Å². The van der Waals surface area contributed by atoms with Crippen LogP contribution >= 0.6 is 0 Å². The molecule has 0 aliphatic heterocycles. The Labute approximate surface area is 122 Å². The smallest absolute Gasteiger partial charge is 0.0249 e. The van der Waals surface area contributed by atoms with Gasteiger partial charge in [-0.2, -0.15) is 0 Å². The van der Waals surface area contributed by atoms with E-state index in [-0.39, 0.29) is 0 Å². The molecule has 19 heavy (non-hydrogen) atoms.